The van der Waals surface area contributed by atoms with Crippen molar-refractivity contribution in [2.75, 3.05) is 5.75 Å². The van der Waals surface area contributed by atoms with E-state index >= 15 is 14.4 Å². The molecule has 42 heteroatoms. The van der Waals surface area contributed by atoms with Gasteiger partial charge in [0.25, 0.3) is 41.4 Å². The van der Waals surface area contributed by atoms with Gasteiger partial charge in [0, 0.05) is 32.8 Å². The van der Waals surface area contributed by atoms with Gasteiger partial charge in [-0.15, -0.1) is 57.1 Å². The number of pyridine rings is 1. The molecule has 5 aliphatic rings. The van der Waals surface area contributed by atoms with Gasteiger partial charge < -0.3 is 89.2 Å². The van der Waals surface area contributed by atoms with Crippen LogP contribution in [-0.4, -0.2) is 192 Å². The number of nitrogens with zero attached hydrogens (tertiary/aromatic N) is 7. The van der Waals surface area contributed by atoms with E-state index in [0.717, 1.165) is 57.1 Å². The Bertz CT molecular complexity index is 4920. The molecule has 37 nitrogen and oxygen atoms in total. The number of esters is 1. The average Bonchev–Trinajstić information content (AvgIpc) is 1.66. The van der Waals surface area contributed by atoms with E-state index in [-0.39, 0.29) is 89.0 Å². The Hall–Kier alpha value is -10.8. The van der Waals surface area contributed by atoms with Crippen molar-refractivity contribution in [3.05, 3.63) is 160 Å². The van der Waals surface area contributed by atoms with Crippen molar-refractivity contribution in [1.29, 1.82) is 0 Å². The number of aliphatic imine (C=N–C) groups is 2. The summed E-state index contributed by atoms with van der Waals surface area (Å²) in [5.41, 5.74) is -2.56. The second-order valence-corrected chi connectivity index (χ2v) is 31.9. The highest BCUT2D eigenvalue weighted by atomic mass is 32.2. The van der Waals surface area contributed by atoms with Gasteiger partial charge in [0.05, 0.1) is 76.0 Å². The van der Waals surface area contributed by atoms with Crippen LogP contribution in [-0.2, 0) is 48.6 Å². The first kappa shape index (κ1) is 84.6. The van der Waals surface area contributed by atoms with Crippen molar-refractivity contribution >= 4 is 145 Å². The van der Waals surface area contributed by atoms with Crippen LogP contribution in [0.25, 0.3) is 6.08 Å². The highest BCUT2D eigenvalue weighted by Crippen LogP contribution is 2.48. The maximum Gasteiger partial charge on any atom is 0.357 e. The number of hydrogen-bond donors (Lipinski definition) is 17. The van der Waals surface area contributed by atoms with E-state index in [2.05, 4.69) is 105 Å². The number of cyclic esters (lactones) is 1. The van der Waals surface area contributed by atoms with Crippen LogP contribution < -0.4 is 64.2 Å². The number of allylic oxidation sites excluding steroid dienone is 1. The summed E-state index contributed by atoms with van der Waals surface area (Å²) in [6, 6.07) is -10.4. The lowest BCUT2D eigenvalue weighted by Crippen LogP contribution is -2.57. The number of amides is 11. The fourth-order valence-corrected chi connectivity index (χ4v) is 16.9. The van der Waals surface area contributed by atoms with Crippen LogP contribution in [0.5, 0.6) is 0 Å². The highest BCUT2D eigenvalue weighted by molar-refractivity contribution is 8.14. The number of aromatic nitrogens is 5. The molecule has 11 amide bonds. The third-order valence-electron chi connectivity index (χ3n) is 18.7. The topological polar surface area (TPSA) is 563 Å². The lowest BCUT2D eigenvalue weighted by molar-refractivity contribution is -0.129. The molecule has 0 saturated carbocycles. The van der Waals surface area contributed by atoms with E-state index in [4.69, 9.17) is 25.4 Å². The predicted molar refractivity (Wildman–Crippen MR) is 413 cm³/mol. The number of aliphatic hydroxyl groups is 5. The number of thioether (sulfide) groups is 1. The zero-order valence-electron chi connectivity index (χ0n) is 61.9. The van der Waals surface area contributed by atoms with Crippen molar-refractivity contribution in [3.8, 4) is 0 Å². The van der Waals surface area contributed by atoms with Gasteiger partial charge in [0.2, 0.25) is 23.6 Å². The summed E-state index contributed by atoms with van der Waals surface area (Å²) in [5, 5.41) is 91.5. The maximum absolute atomic E-state index is 15.4. The molecule has 0 spiro atoms. The molecule has 15 unspecified atom stereocenters. The Balaban J connectivity index is 1.18. The van der Waals surface area contributed by atoms with Crippen LogP contribution in [0.4, 0.5) is 0 Å². The molecule has 15 atom stereocenters. The fraction of sp³-hybridized carbons (Fsp3) is 0.394. The number of carbonyl (C=O) groups is 12. The minimum Gasteiger partial charge on any atom is -0.455 e. The number of thiazole rings is 4. The Kier molecular flexibility index (Phi) is 26.0. The summed E-state index contributed by atoms with van der Waals surface area (Å²) < 4.78 is 6.24. The summed E-state index contributed by atoms with van der Waals surface area (Å²) in [5.74, 6) is -12.7. The smallest absolute Gasteiger partial charge is 0.357 e. The zero-order chi connectivity index (χ0) is 82.7. The maximum atomic E-state index is 15.4. The third kappa shape index (κ3) is 18.5. The Labute approximate surface area is 664 Å². The van der Waals surface area contributed by atoms with E-state index < -0.39 is 201 Å². The van der Waals surface area contributed by atoms with Crippen LogP contribution in [0.1, 0.15) is 190 Å². The van der Waals surface area contributed by atoms with Gasteiger partial charge in [-0.25, -0.2) is 29.7 Å². The van der Waals surface area contributed by atoms with Crippen molar-refractivity contribution in [1.82, 2.24) is 83.4 Å². The van der Waals surface area contributed by atoms with Gasteiger partial charge in [-0.3, -0.25) is 68.0 Å². The number of carbonyl (C=O) groups excluding carboxylic acids is 12. The fourth-order valence-electron chi connectivity index (χ4n) is 12.0. The highest BCUT2D eigenvalue weighted by Gasteiger charge is 2.51. The molecule has 0 radical (unpaired) electrons. The number of hydrogen-bond acceptors (Lipinski definition) is 31. The van der Waals surface area contributed by atoms with Crippen LogP contribution in [0, 0.1) is 5.92 Å². The van der Waals surface area contributed by atoms with Gasteiger partial charge in [-0.05, 0) is 78.9 Å². The second kappa shape index (κ2) is 34.7. The molecule has 0 fully saturated rings. The lowest BCUT2D eigenvalue weighted by atomic mass is 9.80. The Morgan fingerprint density at radius 1 is 0.743 bits per heavy atom. The van der Waals surface area contributed by atoms with Gasteiger partial charge in [-0.1, -0.05) is 58.4 Å². The first-order chi connectivity index (χ1) is 53.2. The molecule has 1 aliphatic carbocycles. The number of ether oxygens (including phenoxy) is 1. The van der Waals surface area contributed by atoms with Crippen LogP contribution in [0.2, 0.25) is 0 Å². The van der Waals surface area contributed by atoms with Crippen LogP contribution in [0.15, 0.2) is 105 Å². The monoisotopic (exact) mass is 1650 g/mol. The molecular formula is C71H81N19O18S5. The van der Waals surface area contributed by atoms with E-state index in [0.29, 0.717) is 0 Å². The normalized spacial score (nSPS) is 26.1. The van der Waals surface area contributed by atoms with Gasteiger partial charge in [0.1, 0.15) is 107 Å². The summed E-state index contributed by atoms with van der Waals surface area (Å²) in [4.78, 5) is 203. The number of rotatable bonds is 11. The third-order valence-corrected chi connectivity index (χ3v) is 23.6. The van der Waals surface area contributed by atoms with Crippen molar-refractivity contribution < 1.29 is 87.8 Å². The Morgan fingerprint density at radius 3 is 2.09 bits per heavy atom. The largest absolute Gasteiger partial charge is 0.455 e. The molecule has 9 heterocycles. The zero-order valence-corrected chi connectivity index (χ0v) is 66.0. The molecule has 18 N–H and O–H groups in total. The SMILES string of the molecule is C=C(NC(=O)C(=C)NC(=O)c1csc(C2=NC3c4csc(n4)C4NC(=O)c5csc(n5)C(C(C)(O)C(C)O)NC(=O)C5CSC(=N5)/C(=C\C)NC(=O)C(C(C)O)NC(=O)c5csc(n5)C3(CC2)NC(=O)C(C)NC(=O)C(=C)NC(=O)C(=C)NC(=O)C(C(C)C)NC2C=Cc3c(C(C)O)cc(nc3C2O)C(=O)OC4C)n1)C(N)=O. The predicted octanol–water partition coefficient (Wildman–Crippen LogP) is 0.509. The molecule has 5 aromatic rings. The number of nitrogens with two attached hydrogens (primary N) is 1. The molecule has 0 saturated heterocycles. The van der Waals surface area contributed by atoms with Gasteiger partial charge >= 0.3 is 5.97 Å². The van der Waals surface area contributed by atoms with Crippen molar-refractivity contribution in [2.45, 2.75) is 165 Å². The molecule has 113 heavy (non-hydrogen) atoms. The number of aliphatic hydroxyl groups excluding tert-OH is 4. The molecule has 5 aromatic heterocycles. The van der Waals surface area contributed by atoms with Crippen LogP contribution >= 0.6 is 57.1 Å². The summed E-state index contributed by atoms with van der Waals surface area (Å²) >= 11 is 4.39. The van der Waals surface area contributed by atoms with E-state index in [1.807, 2.05) is 0 Å². The summed E-state index contributed by atoms with van der Waals surface area (Å²) in [6.45, 7) is 26.9. The molecule has 0 aromatic carbocycles. The second-order valence-electron chi connectivity index (χ2n) is 27.4. The quantitative estimate of drug-likeness (QED) is 0.0633. The van der Waals surface area contributed by atoms with E-state index in [1.165, 1.54) is 87.4 Å². The van der Waals surface area contributed by atoms with Gasteiger partial charge in [-0.2, -0.15) is 0 Å². The lowest BCUT2D eigenvalue weighted by Gasteiger charge is -2.41. The first-order valence-electron chi connectivity index (χ1n) is 34.8. The Morgan fingerprint density at radius 2 is 1.42 bits per heavy atom. The average molecular weight is 1650 g/mol. The number of primary amides is 1. The van der Waals surface area contributed by atoms with E-state index in [9.17, 15) is 68.7 Å². The minimum absolute atomic E-state index is 0.0184. The van der Waals surface area contributed by atoms with Gasteiger partial charge in [0.15, 0.2) is 0 Å². The molecule has 4 aliphatic heterocycles. The number of nitrogens with one attached hydrogen (secondary N) is 11. The number of fused-ring (bicyclic) bond motifs is 7. The molecular weight excluding hydrogens is 1570 g/mol. The molecule has 10 rings (SSSR count). The molecule has 13 bridgehead atoms. The van der Waals surface area contributed by atoms with Crippen molar-refractivity contribution in [2.24, 2.45) is 21.6 Å². The summed E-state index contributed by atoms with van der Waals surface area (Å²) in [7, 11) is 0. The molecule has 598 valence electrons. The first-order valence-corrected chi connectivity index (χ1v) is 39.3. The minimum atomic E-state index is -2.21. The standard InChI is InChI=1S/C71H81N19O18S5/c1-14-37-64-83-44(22-109-64)61(103)89-52(70(13,107)34(12)93)67-85-43(23-112-67)59(101)88-48-33(11)108-68(106)40-19-36(31(9)91)35-15-16-38(50(94)49(35)79-40)78-46(25(2)3)62(104)77-29(7)56(98)74-27(5)55(97)75-30(8)57(99)90-71(69-86-45(24-113-69)60(102)87-47(32(10)92)63(105)81-37)18-17-39(80-51(71)41-20-111-66(48)82-41)65-84-42(21-110-65)58(100)76-28(6)54(96)73-26(4)53(72)95/h14-16,19-21,23-25,30-34,38,44,46-48,50-52,78,91-94,107H,4-7,17-18,22H2,1-3,8-13H3,(H2,72,95)(H,73,96)(H,74,98)(H,75,97)(H,76,100)(H,77,104)(H,81,105)(H,87,102)(H,88,101)(H,89,103)(H,90,99)/b37-14+. The van der Waals surface area contributed by atoms with E-state index in [1.54, 1.807) is 20.8 Å². The van der Waals surface area contributed by atoms with Crippen molar-refractivity contribution in [3.63, 3.8) is 0 Å². The summed E-state index contributed by atoms with van der Waals surface area (Å²) in [6.07, 6.45) is -3.71. The van der Waals surface area contributed by atoms with Crippen LogP contribution in [0.3, 0.4) is 0 Å².